The zero-order chi connectivity index (χ0) is 20.9. The van der Waals surface area contributed by atoms with Crippen LogP contribution in [0.3, 0.4) is 0 Å². The molecular formula is C19H16F3N5O. The number of alkyl halides is 3. The molecule has 0 bridgehead atoms. The van der Waals surface area contributed by atoms with E-state index in [1.54, 1.807) is 26.8 Å². The van der Waals surface area contributed by atoms with Crippen molar-refractivity contribution in [3.63, 3.8) is 0 Å². The van der Waals surface area contributed by atoms with Crippen LogP contribution in [0.2, 0.25) is 0 Å². The summed E-state index contributed by atoms with van der Waals surface area (Å²) in [6.07, 6.45) is -4.67. The number of nitrogens with two attached hydrogens (primary N) is 1. The highest BCUT2D eigenvalue weighted by Gasteiger charge is 2.51. The van der Waals surface area contributed by atoms with Crippen molar-refractivity contribution in [2.45, 2.75) is 32.4 Å². The third kappa shape index (κ3) is 2.59. The fourth-order valence-corrected chi connectivity index (χ4v) is 3.85. The monoisotopic (exact) mass is 387 g/mol. The van der Waals surface area contributed by atoms with E-state index in [9.17, 15) is 23.7 Å². The quantitative estimate of drug-likeness (QED) is 0.817. The van der Waals surface area contributed by atoms with Crippen LogP contribution in [-0.4, -0.2) is 10.2 Å². The lowest BCUT2D eigenvalue weighted by Crippen LogP contribution is -2.41. The maximum Gasteiger partial charge on any atom is 0.416 e. The van der Waals surface area contributed by atoms with Crippen LogP contribution in [0.1, 0.15) is 41.8 Å². The van der Waals surface area contributed by atoms with E-state index in [2.05, 4.69) is 10.2 Å². The molecule has 6 nitrogen and oxygen atoms in total. The molecule has 2 aromatic rings. The number of allylic oxidation sites excluding steroid dienone is 1. The van der Waals surface area contributed by atoms with Crippen molar-refractivity contribution in [2.75, 3.05) is 0 Å². The van der Waals surface area contributed by atoms with E-state index in [1.807, 2.05) is 6.07 Å². The number of nitriles is 2. The van der Waals surface area contributed by atoms with Gasteiger partial charge in [0.15, 0.2) is 0 Å². The summed E-state index contributed by atoms with van der Waals surface area (Å²) < 4.78 is 45.9. The second-order valence-corrected chi connectivity index (χ2v) is 6.85. The van der Waals surface area contributed by atoms with Gasteiger partial charge in [-0.3, -0.25) is 5.10 Å². The van der Waals surface area contributed by atoms with E-state index < -0.39 is 23.1 Å². The van der Waals surface area contributed by atoms with E-state index in [0.717, 1.165) is 12.1 Å². The molecule has 1 unspecified atom stereocenters. The van der Waals surface area contributed by atoms with Crippen molar-refractivity contribution >= 4 is 0 Å². The molecule has 28 heavy (non-hydrogen) atoms. The molecule has 9 heteroatoms. The van der Waals surface area contributed by atoms with Gasteiger partial charge < -0.3 is 10.5 Å². The summed E-state index contributed by atoms with van der Waals surface area (Å²) in [4.78, 5) is 0. The molecule has 1 atom stereocenters. The summed E-state index contributed by atoms with van der Waals surface area (Å²) in [5.41, 5.74) is 4.49. The fraction of sp³-hybridized carbons (Fsp3) is 0.316. The Morgan fingerprint density at radius 1 is 1.21 bits per heavy atom. The third-order valence-corrected chi connectivity index (χ3v) is 4.98. The SMILES string of the molecule is Cc1[nH]nc2c1C(c1cc(C#N)cc(C(F)(F)F)c1)(C(C)C)C(C#N)=C(N)O2. The van der Waals surface area contributed by atoms with E-state index in [-0.39, 0.29) is 28.5 Å². The van der Waals surface area contributed by atoms with Crippen LogP contribution in [0.15, 0.2) is 29.7 Å². The fourth-order valence-electron chi connectivity index (χ4n) is 3.85. The number of halogens is 3. The minimum atomic E-state index is -4.67. The minimum absolute atomic E-state index is 0.0253. The molecule has 1 aromatic heterocycles. The number of benzene rings is 1. The first kappa shape index (κ1) is 19.3. The predicted molar refractivity (Wildman–Crippen MR) is 92.6 cm³/mol. The first-order valence-corrected chi connectivity index (χ1v) is 8.33. The molecule has 0 amide bonds. The number of rotatable bonds is 2. The molecule has 0 radical (unpaired) electrons. The van der Waals surface area contributed by atoms with Crippen molar-refractivity contribution in [1.82, 2.24) is 10.2 Å². The Morgan fingerprint density at radius 2 is 1.89 bits per heavy atom. The van der Waals surface area contributed by atoms with Gasteiger partial charge in [-0.05, 0) is 36.6 Å². The number of aryl methyl sites for hydroxylation is 1. The second-order valence-electron chi connectivity index (χ2n) is 6.85. The summed E-state index contributed by atoms with van der Waals surface area (Å²) in [7, 11) is 0. The second kappa shape index (κ2) is 6.31. The number of nitrogens with one attached hydrogen (secondary N) is 1. The summed E-state index contributed by atoms with van der Waals surface area (Å²) in [5, 5.41) is 25.9. The molecule has 3 N–H and O–H groups in total. The van der Waals surface area contributed by atoms with Gasteiger partial charge in [-0.15, -0.1) is 5.10 Å². The highest BCUT2D eigenvalue weighted by atomic mass is 19.4. The van der Waals surface area contributed by atoms with Gasteiger partial charge in [0.25, 0.3) is 0 Å². The normalized spacial score (nSPS) is 19.0. The lowest BCUT2D eigenvalue weighted by molar-refractivity contribution is -0.137. The molecule has 2 heterocycles. The number of nitrogens with zero attached hydrogens (tertiary/aromatic N) is 3. The van der Waals surface area contributed by atoms with Crippen LogP contribution < -0.4 is 10.5 Å². The summed E-state index contributed by atoms with van der Waals surface area (Å²) in [6.45, 7) is 5.21. The van der Waals surface area contributed by atoms with E-state index in [1.165, 1.54) is 6.07 Å². The van der Waals surface area contributed by atoms with Gasteiger partial charge in [-0.1, -0.05) is 13.8 Å². The van der Waals surface area contributed by atoms with E-state index >= 15 is 0 Å². The molecule has 3 rings (SSSR count). The molecule has 1 aromatic carbocycles. The molecule has 1 aliphatic heterocycles. The van der Waals surface area contributed by atoms with Crippen LogP contribution >= 0.6 is 0 Å². The van der Waals surface area contributed by atoms with Crippen LogP contribution in [0.25, 0.3) is 0 Å². The Labute approximate surface area is 159 Å². The zero-order valence-corrected chi connectivity index (χ0v) is 15.3. The number of hydrogen-bond acceptors (Lipinski definition) is 5. The highest BCUT2D eigenvalue weighted by Crippen LogP contribution is 2.53. The average Bonchev–Trinajstić information content (AvgIpc) is 2.99. The largest absolute Gasteiger partial charge is 0.420 e. The van der Waals surface area contributed by atoms with Crippen LogP contribution in [0.5, 0.6) is 5.88 Å². The van der Waals surface area contributed by atoms with Gasteiger partial charge in [-0.25, -0.2) is 0 Å². The van der Waals surface area contributed by atoms with Crippen LogP contribution in [0.4, 0.5) is 13.2 Å². The Hall–Kier alpha value is -3.46. The molecule has 144 valence electrons. The molecule has 0 saturated carbocycles. The van der Waals surface area contributed by atoms with E-state index in [0.29, 0.717) is 11.3 Å². The van der Waals surface area contributed by atoms with Gasteiger partial charge >= 0.3 is 6.18 Å². The molecular weight excluding hydrogens is 371 g/mol. The number of aromatic nitrogens is 2. The lowest BCUT2D eigenvalue weighted by Gasteiger charge is -2.41. The maximum atomic E-state index is 13.5. The Balaban J connectivity index is 2.50. The van der Waals surface area contributed by atoms with E-state index in [4.69, 9.17) is 10.5 Å². The van der Waals surface area contributed by atoms with Crippen molar-refractivity contribution in [2.24, 2.45) is 11.7 Å². The Morgan fingerprint density at radius 3 is 2.43 bits per heavy atom. The van der Waals surface area contributed by atoms with Gasteiger partial charge in [-0.2, -0.15) is 23.7 Å². The van der Waals surface area contributed by atoms with Crippen molar-refractivity contribution in [3.05, 3.63) is 57.6 Å². The average molecular weight is 387 g/mol. The third-order valence-electron chi connectivity index (χ3n) is 4.98. The molecule has 0 aliphatic carbocycles. The summed E-state index contributed by atoms with van der Waals surface area (Å²) in [6, 6.07) is 6.85. The molecule has 0 spiro atoms. The summed E-state index contributed by atoms with van der Waals surface area (Å²) in [5.74, 6) is -0.542. The lowest BCUT2D eigenvalue weighted by atomic mass is 9.61. The maximum absolute atomic E-state index is 13.5. The highest BCUT2D eigenvalue weighted by molar-refractivity contribution is 5.63. The number of hydrogen-bond donors (Lipinski definition) is 2. The first-order chi connectivity index (χ1) is 13.1. The zero-order valence-electron chi connectivity index (χ0n) is 15.3. The standard InChI is InChI=1S/C19H16F3N5O/c1-9(2)18(12-4-11(7-23)5-13(6-12)19(20,21)22)14(8-24)16(25)28-17-15(18)10(3)26-27-17/h4-6,9H,25H2,1-3H3,(H,26,27). The first-order valence-electron chi connectivity index (χ1n) is 8.33. The number of fused-ring (bicyclic) bond motifs is 1. The van der Waals surface area contributed by atoms with Gasteiger partial charge in [0, 0.05) is 5.69 Å². The van der Waals surface area contributed by atoms with Gasteiger partial charge in [0.2, 0.25) is 11.8 Å². The molecule has 1 aliphatic rings. The van der Waals surface area contributed by atoms with Crippen LogP contribution in [0, 0.1) is 35.5 Å². The van der Waals surface area contributed by atoms with Gasteiger partial charge in [0.1, 0.15) is 11.6 Å². The number of ether oxygens (including phenoxy) is 1. The topological polar surface area (TPSA) is 112 Å². The summed E-state index contributed by atoms with van der Waals surface area (Å²) >= 11 is 0. The van der Waals surface area contributed by atoms with Gasteiger partial charge in [0.05, 0.1) is 28.2 Å². The number of aromatic amines is 1. The minimum Gasteiger partial charge on any atom is -0.420 e. The Bertz CT molecular complexity index is 1070. The van der Waals surface area contributed by atoms with Crippen LogP contribution in [-0.2, 0) is 11.6 Å². The smallest absolute Gasteiger partial charge is 0.416 e. The number of H-pyrrole nitrogens is 1. The Kier molecular flexibility index (Phi) is 4.35. The molecule has 0 fully saturated rings. The molecule has 0 saturated heterocycles. The predicted octanol–water partition coefficient (Wildman–Crippen LogP) is 3.64. The van der Waals surface area contributed by atoms with Crippen molar-refractivity contribution in [3.8, 4) is 18.0 Å². The van der Waals surface area contributed by atoms with Crippen molar-refractivity contribution in [1.29, 1.82) is 10.5 Å². The van der Waals surface area contributed by atoms with Crippen molar-refractivity contribution < 1.29 is 17.9 Å².